The van der Waals surface area contributed by atoms with Crippen LogP contribution < -0.4 is 0 Å². The average Bonchev–Trinajstić information content (AvgIpc) is 2.47. The molecule has 0 saturated heterocycles. The fourth-order valence-electron chi connectivity index (χ4n) is 1.17. The van der Waals surface area contributed by atoms with E-state index in [0.717, 1.165) is 13.0 Å². The molecule has 1 aromatic heterocycles. The van der Waals surface area contributed by atoms with E-state index in [1.807, 2.05) is 6.20 Å². The second-order valence-corrected chi connectivity index (χ2v) is 2.75. The van der Waals surface area contributed by atoms with Gasteiger partial charge in [0.1, 0.15) is 0 Å². The number of unbranched alkanes of at least 4 members (excludes halogenated alkanes) is 1. The molecule has 1 rings (SSSR count). The molecule has 0 aliphatic carbocycles. The molecule has 1 heterocycles. The minimum Gasteiger partial charge on any atom is -0.270 e. The SMILES string of the molecule is CCCCn1nccc1CC. The van der Waals surface area contributed by atoms with Gasteiger partial charge in [0.2, 0.25) is 0 Å². The molecule has 0 radical (unpaired) electrons. The lowest BCUT2D eigenvalue weighted by Gasteiger charge is -2.03. The third kappa shape index (κ3) is 2.07. The van der Waals surface area contributed by atoms with Gasteiger partial charge in [-0.15, -0.1) is 0 Å². The molecule has 1 aromatic rings. The molecule has 0 N–H and O–H groups in total. The van der Waals surface area contributed by atoms with E-state index in [-0.39, 0.29) is 0 Å². The molecule has 0 spiro atoms. The molecular formula is C9H16N2. The van der Waals surface area contributed by atoms with Crippen LogP contribution in [0.4, 0.5) is 0 Å². The van der Waals surface area contributed by atoms with Crippen molar-refractivity contribution in [3.8, 4) is 0 Å². The maximum atomic E-state index is 4.24. The number of hydrogen-bond acceptors (Lipinski definition) is 1. The highest BCUT2D eigenvalue weighted by Gasteiger charge is 1.97. The van der Waals surface area contributed by atoms with Crippen molar-refractivity contribution < 1.29 is 0 Å². The Morgan fingerprint density at radius 2 is 2.27 bits per heavy atom. The fraction of sp³-hybridized carbons (Fsp3) is 0.667. The first-order chi connectivity index (χ1) is 5.38. The zero-order valence-corrected chi connectivity index (χ0v) is 7.38. The van der Waals surface area contributed by atoms with Crippen LogP contribution in [0.15, 0.2) is 12.3 Å². The summed E-state index contributed by atoms with van der Waals surface area (Å²) in [5.41, 5.74) is 1.35. The first kappa shape index (κ1) is 8.31. The van der Waals surface area contributed by atoms with Crippen molar-refractivity contribution in [1.29, 1.82) is 0 Å². The molecule has 0 saturated carbocycles. The topological polar surface area (TPSA) is 17.8 Å². The average molecular weight is 152 g/mol. The van der Waals surface area contributed by atoms with Gasteiger partial charge in [0.05, 0.1) is 0 Å². The molecule has 2 heteroatoms. The van der Waals surface area contributed by atoms with E-state index in [1.165, 1.54) is 18.5 Å². The normalized spacial score (nSPS) is 10.4. The van der Waals surface area contributed by atoms with Crippen molar-refractivity contribution in [2.24, 2.45) is 0 Å². The Labute approximate surface area is 68.2 Å². The van der Waals surface area contributed by atoms with E-state index in [1.54, 1.807) is 0 Å². The van der Waals surface area contributed by atoms with Crippen LogP contribution in [0.1, 0.15) is 32.4 Å². The summed E-state index contributed by atoms with van der Waals surface area (Å²) in [6.45, 7) is 5.45. The van der Waals surface area contributed by atoms with Gasteiger partial charge in [0.25, 0.3) is 0 Å². The second kappa shape index (κ2) is 4.16. The van der Waals surface area contributed by atoms with E-state index >= 15 is 0 Å². The van der Waals surface area contributed by atoms with Crippen molar-refractivity contribution >= 4 is 0 Å². The van der Waals surface area contributed by atoms with Crippen molar-refractivity contribution in [3.63, 3.8) is 0 Å². The standard InChI is InChI=1S/C9H16N2/c1-3-5-8-11-9(4-2)6-7-10-11/h6-7H,3-5,8H2,1-2H3. The molecule has 62 valence electrons. The van der Waals surface area contributed by atoms with Crippen molar-refractivity contribution in [3.05, 3.63) is 18.0 Å². The molecular weight excluding hydrogens is 136 g/mol. The van der Waals surface area contributed by atoms with E-state index in [4.69, 9.17) is 0 Å². The fourth-order valence-corrected chi connectivity index (χ4v) is 1.17. The molecule has 11 heavy (non-hydrogen) atoms. The van der Waals surface area contributed by atoms with Gasteiger partial charge in [-0.05, 0) is 18.9 Å². The van der Waals surface area contributed by atoms with Crippen LogP contribution in [0, 0.1) is 0 Å². The molecule has 0 aliphatic heterocycles. The van der Waals surface area contributed by atoms with Crippen molar-refractivity contribution in [2.75, 3.05) is 0 Å². The van der Waals surface area contributed by atoms with Gasteiger partial charge in [0, 0.05) is 18.4 Å². The second-order valence-electron chi connectivity index (χ2n) is 2.75. The summed E-state index contributed by atoms with van der Waals surface area (Å²) in [7, 11) is 0. The van der Waals surface area contributed by atoms with Crippen LogP contribution >= 0.6 is 0 Å². The smallest absolute Gasteiger partial charge is 0.0492 e. The lowest BCUT2D eigenvalue weighted by atomic mass is 10.3. The Morgan fingerprint density at radius 1 is 1.45 bits per heavy atom. The molecule has 0 aromatic carbocycles. The van der Waals surface area contributed by atoms with E-state index in [9.17, 15) is 0 Å². The van der Waals surface area contributed by atoms with E-state index in [0.29, 0.717) is 0 Å². The quantitative estimate of drug-likeness (QED) is 0.647. The third-order valence-electron chi connectivity index (χ3n) is 1.89. The molecule has 0 amide bonds. The van der Waals surface area contributed by atoms with Gasteiger partial charge in [-0.25, -0.2) is 0 Å². The molecule has 2 nitrogen and oxygen atoms in total. The zero-order chi connectivity index (χ0) is 8.10. The summed E-state index contributed by atoms with van der Waals surface area (Å²) in [5.74, 6) is 0. The Hall–Kier alpha value is -0.790. The van der Waals surface area contributed by atoms with Gasteiger partial charge in [-0.3, -0.25) is 4.68 Å². The first-order valence-corrected chi connectivity index (χ1v) is 4.39. The first-order valence-electron chi connectivity index (χ1n) is 4.39. The molecule has 0 fully saturated rings. The highest BCUT2D eigenvalue weighted by Crippen LogP contribution is 2.01. The Bertz CT molecular complexity index is 203. The van der Waals surface area contributed by atoms with E-state index < -0.39 is 0 Å². The minimum atomic E-state index is 1.08. The summed E-state index contributed by atoms with van der Waals surface area (Å²) in [6.07, 6.45) is 5.44. The van der Waals surface area contributed by atoms with Crippen LogP contribution in [0.2, 0.25) is 0 Å². The Morgan fingerprint density at radius 3 is 2.91 bits per heavy atom. The third-order valence-corrected chi connectivity index (χ3v) is 1.89. The van der Waals surface area contributed by atoms with Crippen molar-refractivity contribution in [2.45, 2.75) is 39.7 Å². The maximum absolute atomic E-state index is 4.24. The number of hydrogen-bond donors (Lipinski definition) is 0. The summed E-state index contributed by atoms with van der Waals surface area (Å²) < 4.78 is 2.10. The van der Waals surface area contributed by atoms with Gasteiger partial charge >= 0.3 is 0 Å². The van der Waals surface area contributed by atoms with Crippen LogP contribution in [-0.4, -0.2) is 9.78 Å². The summed E-state index contributed by atoms with van der Waals surface area (Å²) >= 11 is 0. The predicted octanol–water partition coefficient (Wildman–Crippen LogP) is 2.25. The number of nitrogens with zero attached hydrogens (tertiary/aromatic N) is 2. The van der Waals surface area contributed by atoms with Crippen LogP contribution in [0.5, 0.6) is 0 Å². The molecule has 0 aliphatic rings. The van der Waals surface area contributed by atoms with Gasteiger partial charge in [-0.1, -0.05) is 20.3 Å². The summed E-state index contributed by atoms with van der Waals surface area (Å²) in [6, 6.07) is 2.09. The summed E-state index contributed by atoms with van der Waals surface area (Å²) in [5, 5.41) is 4.24. The lowest BCUT2D eigenvalue weighted by molar-refractivity contribution is 0.551. The maximum Gasteiger partial charge on any atom is 0.0492 e. The highest BCUT2D eigenvalue weighted by atomic mass is 15.3. The number of aryl methyl sites for hydroxylation is 2. The number of rotatable bonds is 4. The van der Waals surface area contributed by atoms with Crippen molar-refractivity contribution in [1.82, 2.24) is 9.78 Å². The van der Waals surface area contributed by atoms with Gasteiger partial charge in [-0.2, -0.15) is 5.10 Å². The number of aromatic nitrogens is 2. The largest absolute Gasteiger partial charge is 0.270 e. The van der Waals surface area contributed by atoms with Gasteiger partial charge in [0.15, 0.2) is 0 Å². The zero-order valence-electron chi connectivity index (χ0n) is 7.38. The van der Waals surface area contributed by atoms with Crippen LogP contribution in [0.3, 0.4) is 0 Å². The van der Waals surface area contributed by atoms with E-state index in [2.05, 4.69) is 29.7 Å². The van der Waals surface area contributed by atoms with Gasteiger partial charge < -0.3 is 0 Å². The lowest BCUT2D eigenvalue weighted by Crippen LogP contribution is -2.03. The molecule has 0 unspecified atom stereocenters. The van der Waals surface area contributed by atoms with Crippen LogP contribution in [-0.2, 0) is 13.0 Å². The summed E-state index contributed by atoms with van der Waals surface area (Å²) in [4.78, 5) is 0. The Kier molecular flexibility index (Phi) is 3.14. The Balaban J connectivity index is 2.54. The van der Waals surface area contributed by atoms with Crippen LogP contribution in [0.25, 0.3) is 0 Å². The highest BCUT2D eigenvalue weighted by molar-refractivity contribution is 4.99. The predicted molar refractivity (Wildman–Crippen MR) is 46.5 cm³/mol. The minimum absolute atomic E-state index is 1.08. The monoisotopic (exact) mass is 152 g/mol. The molecule has 0 bridgehead atoms. The molecule has 0 atom stereocenters.